The Morgan fingerprint density at radius 3 is 2.90 bits per heavy atom. The molecule has 1 aromatic carbocycles. The van der Waals surface area contributed by atoms with E-state index >= 15 is 0 Å². The molecule has 8 nitrogen and oxygen atoms in total. The van der Waals surface area contributed by atoms with E-state index in [-0.39, 0.29) is 35.3 Å². The molecule has 0 aliphatic carbocycles. The molecule has 8 heteroatoms. The fourth-order valence-electron chi connectivity index (χ4n) is 3.11. The third-order valence-corrected chi connectivity index (χ3v) is 4.56. The largest absolute Gasteiger partial charge is 0.508 e. The first-order chi connectivity index (χ1) is 14.5. The van der Waals surface area contributed by atoms with Crippen molar-refractivity contribution >= 4 is 41.2 Å². The maximum atomic E-state index is 12.5. The van der Waals surface area contributed by atoms with Crippen molar-refractivity contribution < 1.29 is 24.2 Å². The summed E-state index contributed by atoms with van der Waals surface area (Å²) in [6.45, 7) is 3.61. The molecule has 3 heterocycles. The normalized spacial score (nSPS) is 13.5. The first-order valence-corrected chi connectivity index (χ1v) is 9.28. The molecule has 0 fully saturated rings. The van der Waals surface area contributed by atoms with Crippen LogP contribution in [0.3, 0.4) is 0 Å². The molecule has 3 aromatic rings. The monoisotopic (exact) mass is 405 g/mol. The van der Waals surface area contributed by atoms with Crippen LogP contribution in [0.4, 0.5) is 17.4 Å². The smallest absolute Gasteiger partial charge is 0.347 e. The molecule has 0 radical (unpaired) electrons. The SMILES string of the molecule is CCOC(=O)c1c(Nc2ccc(O)cc2C)oc(C=C2C=Nc3ncccc32)c1O. The minimum Gasteiger partial charge on any atom is -0.508 e. The Hall–Kier alpha value is -4.07. The number of aryl methyl sites for hydroxylation is 1. The van der Waals surface area contributed by atoms with Crippen molar-refractivity contribution in [2.45, 2.75) is 13.8 Å². The van der Waals surface area contributed by atoms with Crippen molar-refractivity contribution in [3.8, 4) is 11.5 Å². The molecular weight excluding hydrogens is 386 g/mol. The number of hydrogen-bond donors (Lipinski definition) is 3. The maximum Gasteiger partial charge on any atom is 0.347 e. The number of fused-ring (bicyclic) bond motifs is 1. The highest BCUT2D eigenvalue weighted by atomic mass is 16.5. The molecule has 1 aliphatic rings. The quantitative estimate of drug-likeness (QED) is 0.420. The number of benzene rings is 1. The molecule has 0 amide bonds. The van der Waals surface area contributed by atoms with Crippen molar-refractivity contribution in [2.75, 3.05) is 11.9 Å². The molecule has 0 saturated carbocycles. The van der Waals surface area contributed by atoms with Crippen LogP contribution in [0.5, 0.6) is 11.5 Å². The lowest BCUT2D eigenvalue weighted by molar-refractivity contribution is 0.0524. The summed E-state index contributed by atoms with van der Waals surface area (Å²) in [5, 5.41) is 23.3. The van der Waals surface area contributed by atoms with Crippen molar-refractivity contribution in [1.82, 2.24) is 4.98 Å². The van der Waals surface area contributed by atoms with Gasteiger partial charge in [-0.1, -0.05) is 0 Å². The van der Waals surface area contributed by atoms with E-state index in [2.05, 4.69) is 15.3 Å². The number of phenols is 1. The summed E-state index contributed by atoms with van der Waals surface area (Å²) < 4.78 is 10.9. The summed E-state index contributed by atoms with van der Waals surface area (Å²) in [7, 11) is 0. The van der Waals surface area contributed by atoms with E-state index in [1.807, 2.05) is 6.07 Å². The van der Waals surface area contributed by atoms with Crippen molar-refractivity contribution in [3.63, 3.8) is 0 Å². The van der Waals surface area contributed by atoms with Crippen LogP contribution in [0.2, 0.25) is 0 Å². The van der Waals surface area contributed by atoms with Crippen LogP contribution in [-0.2, 0) is 4.74 Å². The lowest BCUT2D eigenvalue weighted by Gasteiger charge is -2.09. The van der Waals surface area contributed by atoms with E-state index in [0.717, 1.165) is 11.1 Å². The summed E-state index contributed by atoms with van der Waals surface area (Å²) in [6.07, 6.45) is 4.84. The molecule has 152 valence electrons. The highest BCUT2D eigenvalue weighted by Gasteiger charge is 2.27. The number of pyridine rings is 1. The van der Waals surface area contributed by atoms with Gasteiger partial charge in [-0.05, 0) is 55.8 Å². The summed E-state index contributed by atoms with van der Waals surface area (Å²) in [5.41, 5.74) is 2.68. The minimum absolute atomic E-state index is 0.0351. The van der Waals surface area contributed by atoms with Gasteiger partial charge in [0, 0.05) is 29.2 Å². The number of aliphatic imine (C=N–C) groups is 1. The van der Waals surface area contributed by atoms with E-state index in [1.165, 1.54) is 6.07 Å². The van der Waals surface area contributed by atoms with Crippen molar-refractivity contribution in [3.05, 3.63) is 59.0 Å². The average Bonchev–Trinajstić information content (AvgIpc) is 3.26. The zero-order valence-corrected chi connectivity index (χ0v) is 16.3. The zero-order chi connectivity index (χ0) is 21.3. The van der Waals surface area contributed by atoms with Crippen molar-refractivity contribution in [1.29, 1.82) is 0 Å². The Labute approximate surface area is 172 Å². The fourth-order valence-corrected chi connectivity index (χ4v) is 3.11. The number of carbonyl (C=O) groups is 1. The number of aromatic hydroxyl groups is 2. The number of nitrogens with zero attached hydrogens (tertiary/aromatic N) is 2. The molecule has 2 aromatic heterocycles. The molecule has 0 spiro atoms. The van der Waals surface area contributed by atoms with Gasteiger partial charge < -0.3 is 24.7 Å². The Balaban J connectivity index is 1.78. The van der Waals surface area contributed by atoms with Gasteiger partial charge in [0.15, 0.2) is 22.9 Å². The third kappa shape index (κ3) is 3.50. The lowest BCUT2D eigenvalue weighted by Crippen LogP contribution is -2.06. The number of anilines is 2. The predicted molar refractivity (Wildman–Crippen MR) is 113 cm³/mol. The maximum absolute atomic E-state index is 12.5. The number of rotatable bonds is 5. The van der Waals surface area contributed by atoms with Gasteiger partial charge in [-0.15, -0.1) is 0 Å². The molecule has 0 unspecified atom stereocenters. The summed E-state index contributed by atoms with van der Waals surface area (Å²) >= 11 is 0. The van der Waals surface area contributed by atoms with E-state index in [4.69, 9.17) is 9.15 Å². The summed E-state index contributed by atoms with van der Waals surface area (Å²) in [4.78, 5) is 20.9. The van der Waals surface area contributed by atoms with Gasteiger partial charge in [0.2, 0.25) is 5.88 Å². The molecule has 0 bridgehead atoms. The number of hydrogen-bond acceptors (Lipinski definition) is 8. The molecule has 30 heavy (non-hydrogen) atoms. The van der Waals surface area contributed by atoms with E-state index in [9.17, 15) is 15.0 Å². The second-order valence-corrected chi connectivity index (χ2v) is 6.60. The zero-order valence-electron chi connectivity index (χ0n) is 16.3. The lowest BCUT2D eigenvalue weighted by atomic mass is 10.1. The number of nitrogens with one attached hydrogen (secondary N) is 1. The summed E-state index contributed by atoms with van der Waals surface area (Å²) in [5.74, 6) is -0.263. The Bertz CT molecular complexity index is 1190. The number of carbonyl (C=O) groups excluding carboxylic acids is 1. The second kappa shape index (κ2) is 7.75. The van der Waals surface area contributed by atoms with Crippen molar-refractivity contribution in [2.24, 2.45) is 4.99 Å². The van der Waals surface area contributed by atoms with Crippen LogP contribution in [0, 0.1) is 6.92 Å². The van der Waals surface area contributed by atoms with Gasteiger partial charge >= 0.3 is 5.97 Å². The molecule has 0 saturated heterocycles. The Morgan fingerprint density at radius 1 is 1.30 bits per heavy atom. The average molecular weight is 405 g/mol. The number of ether oxygens (including phenoxy) is 1. The van der Waals surface area contributed by atoms with E-state index < -0.39 is 5.97 Å². The fraction of sp³-hybridized carbons (Fsp3) is 0.136. The van der Waals surface area contributed by atoms with Crippen LogP contribution >= 0.6 is 0 Å². The van der Waals surface area contributed by atoms with Gasteiger partial charge in [0.25, 0.3) is 0 Å². The first-order valence-electron chi connectivity index (χ1n) is 9.28. The number of esters is 1. The predicted octanol–water partition coefficient (Wildman–Crippen LogP) is 4.57. The standard InChI is InChI=1S/C22H19N3O5/c1-3-29-22(28)18-19(27)17(10-13-11-24-20-15(13)5-4-8-23-20)30-21(18)25-16-7-6-14(26)9-12(16)2/h4-11,25-27H,3H2,1-2H3. The third-order valence-electron chi connectivity index (χ3n) is 4.56. The van der Waals surface area contributed by atoms with E-state index in [0.29, 0.717) is 17.1 Å². The second-order valence-electron chi connectivity index (χ2n) is 6.60. The van der Waals surface area contributed by atoms with Gasteiger partial charge in [-0.2, -0.15) is 0 Å². The Kier molecular flexibility index (Phi) is 4.97. The highest BCUT2D eigenvalue weighted by molar-refractivity contribution is 6.21. The number of phenolic OH excluding ortho intramolecular Hbond substituents is 1. The van der Waals surface area contributed by atoms with Gasteiger partial charge in [0.1, 0.15) is 5.75 Å². The topological polar surface area (TPSA) is 117 Å². The molecule has 4 rings (SSSR count). The molecule has 1 aliphatic heterocycles. The van der Waals surface area contributed by atoms with Gasteiger partial charge in [-0.3, -0.25) is 0 Å². The van der Waals surface area contributed by atoms with E-state index in [1.54, 1.807) is 50.5 Å². The summed E-state index contributed by atoms with van der Waals surface area (Å²) in [6, 6.07) is 8.35. The molecule has 3 N–H and O–H groups in total. The highest BCUT2D eigenvalue weighted by Crippen LogP contribution is 2.39. The van der Waals surface area contributed by atoms with Gasteiger partial charge in [-0.25, -0.2) is 14.8 Å². The van der Waals surface area contributed by atoms with Crippen LogP contribution in [0.1, 0.15) is 34.2 Å². The first kappa shape index (κ1) is 19.3. The number of furan rings is 1. The minimum atomic E-state index is -0.718. The van der Waals surface area contributed by atoms with Crippen LogP contribution in [0.15, 0.2) is 45.9 Å². The molecule has 0 atom stereocenters. The van der Waals surface area contributed by atoms with Crippen LogP contribution < -0.4 is 5.32 Å². The Morgan fingerprint density at radius 2 is 2.13 bits per heavy atom. The van der Waals surface area contributed by atoms with Gasteiger partial charge in [0.05, 0.1) is 6.61 Å². The van der Waals surface area contributed by atoms with Crippen LogP contribution in [-0.4, -0.2) is 34.0 Å². The number of aromatic nitrogens is 1. The number of allylic oxidation sites excluding steroid dienone is 1. The molecular formula is C22H19N3O5. The van der Waals surface area contributed by atoms with Crippen LogP contribution in [0.25, 0.3) is 11.6 Å².